The van der Waals surface area contributed by atoms with Crippen molar-refractivity contribution in [1.82, 2.24) is 19.1 Å². The van der Waals surface area contributed by atoms with Crippen LogP contribution in [-0.4, -0.2) is 51.5 Å². The van der Waals surface area contributed by atoms with E-state index in [-0.39, 0.29) is 12.3 Å². The summed E-state index contributed by atoms with van der Waals surface area (Å²) < 4.78 is 19.8. The third-order valence-corrected chi connectivity index (χ3v) is 8.91. The Morgan fingerprint density at radius 2 is 2.00 bits per heavy atom. The lowest BCUT2D eigenvalue weighted by Crippen LogP contribution is -2.44. The molecule has 6 rings (SSSR count). The molecule has 0 aromatic carbocycles. The van der Waals surface area contributed by atoms with Gasteiger partial charge in [-0.3, -0.25) is 0 Å². The van der Waals surface area contributed by atoms with E-state index >= 15 is 0 Å². The van der Waals surface area contributed by atoms with E-state index in [1.54, 1.807) is 0 Å². The Morgan fingerprint density at radius 1 is 1.14 bits per heavy atom. The summed E-state index contributed by atoms with van der Waals surface area (Å²) >= 11 is 1.47. The molecule has 36 heavy (non-hydrogen) atoms. The number of hydrogen-bond acceptors (Lipinski definition) is 8. The van der Waals surface area contributed by atoms with Crippen molar-refractivity contribution in [1.29, 1.82) is 5.26 Å². The van der Waals surface area contributed by atoms with E-state index in [2.05, 4.69) is 30.0 Å². The van der Waals surface area contributed by atoms with Crippen LogP contribution in [0.1, 0.15) is 75.8 Å². The van der Waals surface area contributed by atoms with E-state index in [0.29, 0.717) is 13.2 Å². The smallest absolute Gasteiger partial charge is 0.150 e. The van der Waals surface area contributed by atoms with Crippen LogP contribution in [0.2, 0.25) is 0 Å². The molecule has 3 aliphatic rings. The molecule has 2 saturated heterocycles. The lowest BCUT2D eigenvalue weighted by molar-refractivity contribution is -0.0385. The van der Waals surface area contributed by atoms with Crippen LogP contribution in [0, 0.1) is 18.3 Å². The fraction of sp³-hybridized carbons (Fsp3) is 0.630. The molecule has 1 aliphatic carbocycles. The Kier molecular flexibility index (Phi) is 6.44. The first-order valence-electron chi connectivity index (χ1n) is 13.3. The summed E-state index contributed by atoms with van der Waals surface area (Å²) in [5.74, 6) is 0.923. The molecule has 2 aliphatic heterocycles. The Hall–Kier alpha value is -2.54. The summed E-state index contributed by atoms with van der Waals surface area (Å²) in [6, 6.07) is 7.26. The quantitative estimate of drug-likeness (QED) is 0.461. The van der Waals surface area contributed by atoms with Crippen LogP contribution in [0.5, 0.6) is 0 Å². The first kappa shape index (κ1) is 23.8. The molecule has 1 unspecified atom stereocenters. The number of rotatable bonds is 4. The minimum absolute atomic E-state index is 0.0788. The van der Waals surface area contributed by atoms with E-state index in [9.17, 15) is 5.26 Å². The molecule has 2 atom stereocenters. The number of aromatic nitrogens is 4. The fourth-order valence-electron chi connectivity index (χ4n) is 6.07. The van der Waals surface area contributed by atoms with Gasteiger partial charge >= 0.3 is 0 Å². The number of nitrogens with zero attached hydrogens (tertiary/aromatic N) is 6. The van der Waals surface area contributed by atoms with Gasteiger partial charge in [0.05, 0.1) is 46.8 Å². The highest BCUT2D eigenvalue weighted by molar-refractivity contribution is 7.13. The zero-order valence-electron chi connectivity index (χ0n) is 21.2. The summed E-state index contributed by atoms with van der Waals surface area (Å²) in [5, 5.41) is 15.3. The summed E-state index contributed by atoms with van der Waals surface area (Å²) in [5.41, 5.74) is 4.23. The normalized spacial score (nSPS) is 24.6. The van der Waals surface area contributed by atoms with Crippen LogP contribution in [0.3, 0.4) is 0 Å². The molecule has 0 bridgehead atoms. The number of aryl methyl sites for hydroxylation is 1. The number of hydrogen-bond donors (Lipinski definition) is 0. The van der Waals surface area contributed by atoms with Crippen molar-refractivity contribution < 1.29 is 9.47 Å². The molecular formula is C27H34N6O2S. The molecule has 0 N–H and O–H groups in total. The first-order chi connectivity index (χ1) is 17.6. The van der Waals surface area contributed by atoms with E-state index in [1.807, 2.05) is 11.6 Å². The van der Waals surface area contributed by atoms with Crippen LogP contribution < -0.4 is 4.90 Å². The van der Waals surface area contributed by atoms with Gasteiger partial charge < -0.3 is 14.4 Å². The molecule has 3 fully saturated rings. The van der Waals surface area contributed by atoms with Gasteiger partial charge in [0.2, 0.25) is 0 Å². The molecule has 1 saturated carbocycles. The van der Waals surface area contributed by atoms with E-state index < -0.39 is 5.41 Å². The summed E-state index contributed by atoms with van der Waals surface area (Å²) in [6.07, 6.45) is 8.23. The van der Waals surface area contributed by atoms with Crippen LogP contribution in [0.4, 0.5) is 5.82 Å². The largest absolute Gasteiger partial charge is 0.377 e. The maximum atomic E-state index is 10.5. The van der Waals surface area contributed by atoms with Crippen molar-refractivity contribution in [3.05, 3.63) is 23.4 Å². The third kappa shape index (κ3) is 4.09. The van der Waals surface area contributed by atoms with Crippen molar-refractivity contribution in [2.45, 2.75) is 82.9 Å². The first-order valence-corrected chi connectivity index (χ1v) is 14.1. The lowest BCUT2D eigenvalue weighted by Gasteiger charge is -2.36. The predicted octanol–water partition coefficient (Wildman–Crippen LogP) is 5.51. The van der Waals surface area contributed by atoms with Gasteiger partial charge in [-0.25, -0.2) is 9.67 Å². The minimum Gasteiger partial charge on any atom is -0.377 e. The standard InChI is InChI=1S/C27H34N6O2S/c1-18-14-21(33(30-18)23-8-4-7-12-35-23)24-25-26(36-31-24)20(27(17-28)9-5-3-6-10-27)15-22(29-25)32-11-13-34-16-19(32)2/h14-15,19,23H,3-13,16H2,1-2H3/t19-,23?/m0/s1. The van der Waals surface area contributed by atoms with Gasteiger partial charge in [-0.1, -0.05) is 19.3 Å². The summed E-state index contributed by atoms with van der Waals surface area (Å²) in [4.78, 5) is 7.56. The number of anilines is 1. The van der Waals surface area contributed by atoms with Gasteiger partial charge in [0.15, 0.2) is 6.23 Å². The Morgan fingerprint density at radius 3 is 2.75 bits per heavy atom. The Bertz CT molecular complexity index is 1280. The average molecular weight is 507 g/mol. The van der Waals surface area contributed by atoms with Crippen molar-refractivity contribution in [3.8, 4) is 17.5 Å². The van der Waals surface area contributed by atoms with E-state index in [4.69, 9.17) is 23.9 Å². The predicted molar refractivity (Wildman–Crippen MR) is 140 cm³/mol. The van der Waals surface area contributed by atoms with Crippen LogP contribution in [0.25, 0.3) is 21.6 Å². The second-order valence-electron chi connectivity index (χ2n) is 10.5. The minimum atomic E-state index is -0.490. The number of ether oxygens (including phenoxy) is 2. The van der Waals surface area contributed by atoms with Gasteiger partial charge in [0, 0.05) is 13.2 Å². The van der Waals surface area contributed by atoms with Crippen LogP contribution in [0.15, 0.2) is 12.1 Å². The van der Waals surface area contributed by atoms with E-state index in [1.165, 1.54) is 18.0 Å². The van der Waals surface area contributed by atoms with Crippen LogP contribution >= 0.6 is 11.5 Å². The molecule has 0 amide bonds. The lowest BCUT2D eigenvalue weighted by atomic mass is 9.70. The monoisotopic (exact) mass is 506 g/mol. The molecule has 3 aromatic rings. The fourth-order valence-corrected chi connectivity index (χ4v) is 7.02. The highest BCUT2D eigenvalue weighted by atomic mass is 32.1. The highest BCUT2D eigenvalue weighted by Crippen LogP contribution is 2.46. The average Bonchev–Trinajstić information content (AvgIpc) is 3.52. The molecular weight excluding hydrogens is 472 g/mol. The highest BCUT2D eigenvalue weighted by Gasteiger charge is 2.38. The molecule has 3 aromatic heterocycles. The maximum Gasteiger partial charge on any atom is 0.150 e. The van der Waals surface area contributed by atoms with E-state index in [0.717, 1.165) is 96.8 Å². The molecule has 0 radical (unpaired) electrons. The second-order valence-corrected chi connectivity index (χ2v) is 11.3. The topological polar surface area (TPSA) is 89.1 Å². The Labute approximate surface area is 216 Å². The van der Waals surface area contributed by atoms with Gasteiger partial charge in [-0.2, -0.15) is 14.7 Å². The molecule has 0 spiro atoms. The zero-order valence-corrected chi connectivity index (χ0v) is 22.0. The maximum absolute atomic E-state index is 10.5. The van der Waals surface area contributed by atoms with Gasteiger partial charge in [-0.05, 0) is 75.2 Å². The van der Waals surface area contributed by atoms with Crippen molar-refractivity contribution >= 4 is 27.6 Å². The van der Waals surface area contributed by atoms with Gasteiger partial charge in [0.1, 0.15) is 17.0 Å². The number of morpholine rings is 1. The number of pyridine rings is 1. The number of nitriles is 1. The molecule has 5 heterocycles. The van der Waals surface area contributed by atoms with Gasteiger partial charge in [-0.15, -0.1) is 0 Å². The number of fused-ring (bicyclic) bond motifs is 1. The summed E-state index contributed by atoms with van der Waals surface area (Å²) in [6.45, 7) is 7.10. The molecule has 8 nitrogen and oxygen atoms in total. The summed E-state index contributed by atoms with van der Waals surface area (Å²) in [7, 11) is 0. The van der Waals surface area contributed by atoms with Crippen molar-refractivity contribution in [2.75, 3.05) is 31.3 Å². The Balaban J connectivity index is 1.55. The molecule has 190 valence electrons. The van der Waals surface area contributed by atoms with Crippen molar-refractivity contribution in [2.24, 2.45) is 0 Å². The van der Waals surface area contributed by atoms with Gasteiger partial charge in [0.25, 0.3) is 0 Å². The van der Waals surface area contributed by atoms with Crippen LogP contribution in [-0.2, 0) is 14.9 Å². The van der Waals surface area contributed by atoms with Crippen molar-refractivity contribution in [3.63, 3.8) is 0 Å². The second kappa shape index (κ2) is 9.73. The zero-order chi connectivity index (χ0) is 24.7. The molecule has 9 heteroatoms. The third-order valence-electron chi connectivity index (χ3n) is 8.04. The SMILES string of the molecule is Cc1cc(-c2nsc3c(C4(C#N)CCCCC4)cc(N4CCOC[C@@H]4C)nc23)n(C2CCCCO2)n1.